The van der Waals surface area contributed by atoms with Gasteiger partial charge in [0.05, 0.1) is 0 Å². The molecule has 0 bridgehead atoms. The second-order valence-electron chi connectivity index (χ2n) is 4.15. The first-order valence-corrected chi connectivity index (χ1v) is 6.41. The summed E-state index contributed by atoms with van der Waals surface area (Å²) in [6.07, 6.45) is 1.23. The van der Waals surface area contributed by atoms with E-state index in [1.165, 1.54) is 6.42 Å². The van der Waals surface area contributed by atoms with Gasteiger partial charge in [-0.05, 0) is 36.6 Å². The maximum absolute atomic E-state index is 5.68. The number of aryl methyl sites for hydroxylation is 1. The quantitative estimate of drug-likeness (QED) is 0.781. The Morgan fingerprint density at radius 2 is 2.13 bits per heavy atom. The normalized spacial score (nSPS) is 11.0. The molecule has 3 heteroatoms. The number of nitrogens with zero attached hydrogens (tertiary/aromatic N) is 1. The highest BCUT2D eigenvalue weighted by Crippen LogP contribution is 2.22. The van der Waals surface area contributed by atoms with Crippen LogP contribution in [0.1, 0.15) is 31.5 Å². The molecule has 0 fully saturated rings. The predicted octanol–water partition coefficient (Wildman–Crippen LogP) is 2.99. The third kappa shape index (κ3) is 4.22. The minimum atomic E-state index is 0.581. The topological polar surface area (TPSA) is 38.9 Å². The van der Waals surface area contributed by atoms with Gasteiger partial charge in [-0.3, -0.25) is 0 Å². The zero-order chi connectivity index (χ0) is 11.3. The Morgan fingerprint density at radius 3 is 2.73 bits per heavy atom. The fourth-order valence-electron chi connectivity index (χ4n) is 1.23. The van der Waals surface area contributed by atoms with Gasteiger partial charge < -0.3 is 5.73 Å². The number of aromatic nitrogens is 1. The maximum atomic E-state index is 5.68. The summed E-state index contributed by atoms with van der Waals surface area (Å²) in [6.45, 7) is 7.09. The molecule has 1 aromatic rings. The minimum Gasteiger partial charge on any atom is -0.326 e. The van der Waals surface area contributed by atoms with E-state index >= 15 is 0 Å². The van der Waals surface area contributed by atoms with Crippen molar-refractivity contribution < 1.29 is 0 Å². The van der Waals surface area contributed by atoms with Crippen LogP contribution in [-0.2, 0) is 6.54 Å². The fraction of sp³-hybridized carbons (Fsp3) is 0.583. The Morgan fingerprint density at radius 1 is 1.40 bits per heavy atom. The van der Waals surface area contributed by atoms with E-state index in [4.69, 9.17) is 5.73 Å². The smallest absolute Gasteiger partial charge is 0.101 e. The molecule has 1 rings (SSSR count). The third-order valence-electron chi connectivity index (χ3n) is 2.23. The van der Waals surface area contributed by atoms with E-state index in [-0.39, 0.29) is 0 Å². The molecule has 0 unspecified atom stereocenters. The van der Waals surface area contributed by atoms with Crippen LogP contribution in [0.3, 0.4) is 0 Å². The SMILES string of the molecule is Cc1ccc(CN)c(SCCC(C)C)n1. The first-order chi connectivity index (χ1) is 7.13. The molecule has 1 aromatic heterocycles. The Kier molecular flexibility index (Phi) is 5.12. The van der Waals surface area contributed by atoms with Crippen LogP contribution in [0.4, 0.5) is 0 Å². The van der Waals surface area contributed by atoms with Gasteiger partial charge in [-0.2, -0.15) is 0 Å². The molecule has 84 valence electrons. The van der Waals surface area contributed by atoms with Crippen LogP contribution in [-0.4, -0.2) is 10.7 Å². The number of nitrogens with two attached hydrogens (primary N) is 1. The van der Waals surface area contributed by atoms with Gasteiger partial charge in [0.2, 0.25) is 0 Å². The van der Waals surface area contributed by atoms with Crippen molar-refractivity contribution in [2.75, 3.05) is 5.75 Å². The molecular weight excluding hydrogens is 204 g/mol. The van der Waals surface area contributed by atoms with Gasteiger partial charge in [-0.1, -0.05) is 19.9 Å². The van der Waals surface area contributed by atoms with Gasteiger partial charge in [-0.15, -0.1) is 11.8 Å². The summed E-state index contributed by atoms with van der Waals surface area (Å²) < 4.78 is 0. The van der Waals surface area contributed by atoms with Crippen molar-refractivity contribution in [2.24, 2.45) is 11.7 Å². The molecule has 2 N–H and O–H groups in total. The number of hydrogen-bond donors (Lipinski definition) is 1. The van der Waals surface area contributed by atoms with Gasteiger partial charge in [0, 0.05) is 12.2 Å². The molecule has 0 aromatic carbocycles. The molecular formula is C12H20N2S. The van der Waals surface area contributed by atoms with Crippen molar-refractivity contribution >= 4 is 11.8 Å². The lowest BCUT2D eigenvalue weighted by atomic mass is 10.2. The van der Waals surface area contributed by atoms with E-state index in [0.717, 1.165) is 28.0 Å². The molecule has 0 saturated carbocycles. The van der Waals surface area contributed by atoms with E-state index in [1.807, 2.05) is 24.8 Å². The third-order valence-corrected chi connectivity index (χ3v) is 3.30. The highest BCUT2D eigenvalue weighted by molar-refractivity contribution is 7.99. The molecule has 1 heterocycles. The van der Waals surface area contributed by atoms with Crippen LogP contribution < -0.4 is 5.73 Å². The van der Waals surface area contributed by atoms with Crippen LogP contribution in [0, 0.1) is 12.8 Å². The summed E-state index contributed by atoms with van der Waals surface area (Å²) >= 11 is 1.82. The molecule has 0 radical (unpaired) electrons. The molecule has 0 spiro atoms. The van der Waals surface area contributed by atoms with Crippen LogP contribution in [0.25, 0.3) is 0 Å². The first kappa shape index (κ1) is 12.5. The van der Waals surface area contributed by atoms with Crippen molar-refractivity contribution in [3.05, 3.63) is 23.4 Å². The van der Waals surface area contributed by atoms with Gasteiger partial charge >= 0.3 is 0 Å². The average molecular weight is 224 g/mol. The minimum absolute atomic E-state index is 0.581. The van der Waals surface area contributed by atoms with Crippen molar-refractivity contribution in [2.45, 2.75) is 38.8 Å². The van der Waals surface area contributed by atoms with E-state index in [2.05, 4.69) is 24.9 Å². The van der Waals surface area contributed by atoms with Crippen LogP contribution in [0.2, 0.25) is 0 Å². The summed E-state index contributed by atoms with van der Waals surface area (Å²) in [4.78, 5) is 4.52. The zero-order valence-electron chi connectivity index (χ0n) is 9.79. The van der Waals surface area contributed by atoms with Gasteiger partial charge in [-0.25, -0.2) is 4.98 Å². The van der Waals surface area contributed by atoms with Gasteiger partial charge in [0.1, 0.15) is 5.03 Å². The molecule has 15 heavy (non-hydrogen) atoms. The largest absolute Gasteiger partial charge is 0.326 e. The molecule has 0 aliphatic heterocycles. The first-order valence-electron chi connectivity index (χ1n) is 5.43. The predicted molar refractivity (Wildman–Crippen MR) is 67.0 cm³/mol. The Bertz CT molecular complexity index is 310. The van der Waals surface area contributed by atoms with Crippen molar-refractivity contribution in [3.63, 3.8) is 0 Å². The fourth-order valence-corrected chi connectivity index (χ4v) is 2.56. The highest BCUT2D eigenvalue weighted by Gasteiger charge is 2.04. The zero-order valence-corrected chi connectivity index (χ0v) is 10.6. The van der Waals surface area contributed by atoms with Crippen LogP contribution in [0.5, 0.6) is 0 Å². The summed E-state index contributed by atoms with van der Waals surface area (Å²) in [5.41, 5.74) is 7.91. The van der Waals surface area contributed by atoms with Crippen LogP contribution >= 0.6 is 11.8 Å². The molecule has 0 amide bonds. The Balaban J connectivity index is 2.62. The Labute approximate surface area is 96.7 Å². The molecule has 2 nitrogen and oxygen atoms in total. The van der Waals surface area contributed by atoms with Crippen molar-refractivity contribution in [3.8, 4) is 0 Å². The van der Waals surface area contributed by atoms with Crippen molar-refractivity contribution in [1.29, 1.82) is 0 Å². The standard InChI is InChI=1S/C12H20N2S/c1-9(2)6-7-15-12-11(8-13)5-4-10(3)14-12/h4-5,9H,6-8,13H2,1-3H3. The van der Waals surface area contributed by atoms with Gasteiger partial charge in [0.25, 0.3) is 0 Å². The second kappa shape index (κ2) is 6.13. The molecule has 0 aliphatic carbocycles. The van der Waals surface area contributed by atoms with Crippen LogP contribution in [0.15, 0.2) is 17.2 Å². The number of hydrogen-bond acceptors (Lipinski definition) is 3. The maximum Gasteiger partial charge on any atom is 0.101 e. The summed E-state index contributed by atoms with van der Waals surface area (Å²) in [5, 5.41) is 1.11. The number of thioether (sulfide) groups is 1. The van der Waals surface area contributed by atoms with E-state index < -0.39 is 0 Å². The number of rotatable bonds is 5. The average Bonchev–Trinajstić information content (AvgIpc) is 2.17. The van der Waals surface area contributed by atoms with E-state index in [9.17, 15) is 0 Å². The lowest BCUT2D eigenvalue weighted by Crippen LogP contribution is -2.01. The summed E-state index contributed by atoms with van der Waals surface area (Å²) in [7, 11) is 0. The summed E-state index contributed by atoms with van der Waals surface area (Å²) in [6, 6.07) is 4.11. The summed E-state index contributed by atoms with van der Waals surface area (Å²) in [5.74, 6) is 1.88. The van der Waals surface area contributed by atoms with E-state index in [0.29, 0.717) is 6.54 Å². The van der Waals surface area contributed by atoms with Crippen molar-refractivity contribution in [1.82, 2.24) is 4.98 Å². The molecule has 0 atom stereocenters. The molecule has 0 saturated heterocycles. The second-order valence-corrected chi connectivity index (χ2v) is 5.24. The van der Waals surface area contributed by atoms with E-state index in [1.54, 1.807) is 0 Å². The Hall–Kier alpha value is -0.540. The molecule has 0 aliphatic rings. The highest BCUT2D eigenvalue weighted by atomic mass is 32.2. The number of pyridine rings is 1. The lowest BCUT2D eigenvalue weighted by molar-refractivity contribution is 0.631. The monoisotopic (exact) mass is 224 g/mol. The lowest BCUT2D eigenvalue weighted by Gasteiger charge is -2.08. The van der Waals surface area contributed by atoms with Gasteiger partial charge in [0.15, 0.2) is 0 Å².